The summed E-state index contributed by atoms with van der Waals surface area (Å²) in [5.41, 5.74) is 3.66. The van der Waals surface area contributed by atoms with Crippen molar-refractivity contribution < 1.29 is 4.79 Å². The van der Waals surface area contributed by atoms with Gasteiger partial charge in [-0.15, -0.1) is 0 Å². The molecule has 2 fully saturated rings. The van der Waals surface area contributed by atoms with Gasteiger partial charge < -0.3 is 9.47 Å². The van der Waals surface area contributed by atoms with Crippen molar-refractivity contribution in [1.29, 1.82) is 0 Å². The molecule has 27 heavy (non-hydrogen) atoms. The zero-order valence-corrected chi connectivity index (χ0v) is 16.7. The third-order valence-corrected chi connectivity index (χ3v) is 6.49. The van der Waals surface area contributed by atoms with Crippen molar-refractivity contribution in [2.45, 2.75) is 64.8 Å². The summed E-state index contributed by atoms with van der Waals surface area (Å²) in [5, 5.41) is 0. The molecule has 1 saturated heterocycles. The number of hydrogen-bond acceptors (Lipinski definition) is 2. The molecule has 1 aromatic carbocycles. The van der Waals surface area contributed by atoms with Gasteiger partial charge in [-0.1, -0.05) is 24.6 Å². The molecule has 0 N–H and O–H groups in total. The van der Waals surface area contributed by atoms with E-state index in [1.807, 2.05) is 6.20 Å². The Morgan fingerprint density at radius 1 is 1.15 bits per heavy atom. The third-order valence-electron chi connectivity index (χ3n) is 6.49. The van der Waals surface area contributed by atoms with E-state index in [9.17, 15) is 4.79 Å². The lowest BCUT2D eigenvalue weighted by atomic mass is 9.85. The van der Waals surface area contributed by atoms with Crippen molar-refractivity contribution >= 4 is 5.91 Å². The van der Waals surface area contributed by atoms with E-state index < -0.39 is 0 Å². The molecule has 1 aliphatic carbocycles. The predicted molar refractivity (Wildman–Crippen MR) is 108 cm³/mol. The number of aryl methyl sites for hydroxylation is 2. The highest BCUT2D eigenvalue weighted by atomic mass is 16.2. The highest BCUT2D eigenvalue weighted by molar-refractivity contribution is 5.79. The van der Waals surface area contributed by atoms with Crippen molar-refractivity contribution in [2.24, 2.45) is 5.92 Å². The lowest BCUT2D eigenvalue weighted by Gasteiger charge is -2.34. The van der Waals surface area contributed by atoms with Crippen molar-refractivity contribution in [3.63, 3.8) is 0 Å². The molecule has 2 aliphatic rings. The number of benzene rings is 1. The van der Waals surface area contributed by atoms with Crippen molar-refractivity contribution in [3.8, 4) is 0 Å². The van der Waals surface area contributed by atoms with Gasteiger partial charge >= 0.3 is 0 Å². The highest BCUT2D eigenvalue weighted by Gasteiger charge is 2.28. The topological polar surface area (TPSA) is 38.1 Å². The lowest BCUT2D eigenvalue weighted by Crippen LogP contribution is -2.40. The second-order valence-electron chi connectivity index (χ2n) is 8.51. The van der Waals surface area contributed by atoms with E-state index in [0.717, 1.165) is 44.0 Å². The van der Waals surface area contributed by atoms with Crippen LogP contribution in [0.1, 0.15) is 60.5 Å². The van der Waals surface area contributed by atoms with Crippen LogP contribution in [0.5, 0.6) is 0 Å². The zero-order chi connectivity index (χ0) is 18.8. The van der Waals surface area contributed by atoms with E-state index >= 15 is 0 Å². The number of aromatic nitrogens is 2. The minimum atomic E-state index is 0.250. The van der Waals surface area contributed by atoms with Gasteiger partial charge in [0.1, 0.15) is 5.82 Å². The van der Waals surface area contributed by atoms with E-state index in [1.165, 1.54) is 36.2 Å². The number of hydrogen-bond donors (Lipinski definition) is 0. The average Bonchev–Trinajstić information content (AvgIpc) is 3.10. The lowest BCUT2D eigenvalue weighted by molar-refractivity contribution is -0.131. The molecule has 2 aromatic rings. The molecule has 4 rings (SSSR count). The van der Waals surface area contributed by atoms with E-state index in [0.29, 0.717) is 12.3 Å². The summed E-state index contributed by atoms with van der Waals surface area (Å²) in [6.45, 7) is 7.02. The van der Waals surface area contributed by atoms with Crippen LogP contribution >= 0.6 is 0 Å². The molecule has 1 saturated carbocycles. The number of imidazole rings is 1. The van der Waals surface area contributed by atoms with Gasteiger partial charge in [0.2, 0.25) is 5.91 Å². The Labute approximate surface area is 162 Å². The van der Waals surface area contributed by atoms with Crippen LogP contribution in [0.15, 0.2) is 30.6 Å². The van der Waals surface area contributed by atoms with Gasteiger partial charge in [0.25, 0.3) is 0 Å². The van der Waals surface area contributed by atoms with Gasteiger partial charge in [-0.25, -0.2) is 4.98 Å². The summed E-state index contributed by atoms with van der Waals surface area (Å²) in [6.07, 6.45) is 10.8. The molecule has 4 heteroatoms. The van der Waals surface area contributed by atoms with Gasteiger partial charge in [-0.2, -0.15) is 0 Å². The summed E-state index contributed by atoms with van der Waals surface area (Å²) < 4.78 is 2.35. The van der Waals surface area contributed by atoms with E-state index in [-0.39, 0.29) is 5.91 Å². The molecular weight excluding hydrogens is 334 g/mol. The molecule has 0 spiro atoms. The van der Waals surface area contributed by atoms with Crippen molar-refractivity contribution in [1.82, 2.24) is 14.5 Å². The fourth-order valence-corrected chi connectivity index (χ4v) is 4.40. The first-order chi connectivity index (χ1) is 13.1. The maximum Gasteiger partial charge on any atom is 0.227 e. The van der Waals surface area contributed by atoms with Crippen LogP contribution in [0.3, 0.4) is 0 Å². The summed E-state index contributed by atoms with van der Waals surface area (Å²) in [7, 11) is 0. The van der Waals surface area contributed by atoms with Gasteiger partial charge in [-0.3, -0.25) is 4.79 Å². The minimum Gasteiger partial charge on any atom is -0.342 e. The second-order valence-corrected chi connectivity index (χ2v) is 8.51. The fraction of sp³-hybridized carbons (Fsp3) is 0.565. The number of carbonyl (C=O) groups is 1. The Balaban J connectivity index is 1.41. The first kappa shape index (κ1) is 18.3. The first-order valence-corrected chi connectivity index (χ1v) is 10.4. The van der Waals surface area contributed by atoms with E-state index in [2.05, 4.69) is 52.7 Å². The second kappa shape index (κ2) is 7.87. The molecule has 1 amide bonds. The number of rotatable bonds is 5. The number of piperidine rings is 1. The summed E-state index contributed by atoms with van der Waals surface area (Å²) in [5.74, 6) is 2.63. The highest BCUT2D eigenvalue weighted by Crippen LogP contribution is 2.31. The summed E-state index contributed by atoms with van der Waals surface area (Å²) in [6, 6.07) is 6.36. The maximum absolute atomic E-state index is 12.9. The monoisotopic (exact) mass is 365 g/mol. The van der Waals surface area contributed by atoms with Crippen molar-refractivity contribution in [3.05, 3.63) is 53.1 Å². The van der Waals surface area contributed by atoms with Gasteiger partial charge in [0.15, 0.2) is 0 Å². The molecule has 2 heterocycles. The maximum atomic E-state index is 12.9. The summed E-state index contributed by atoms with van der Waals surface area (Å²) in [4.78, 5) is 19.6. The Kier molecular flexibility index (Phi) is 5.33. The van der Waals surface area contributed by atoms with Crippen LogP contribution in [0.4, 0.5) is 0 Å². The Bertz CT molecular complexity index is 806. The molecule has 1 aromatic heterocycles. The number of likely N-dealkylation sites (tertiary alicyclic amines) is 1. The Morgan fingerprint density at radius 3 is 2.74 bits per heavy atom. The number of amides is 1. The van der Waals surface area contributed by atoms with Crippen LogP contribution in [0, 0.1) is 19.8 Å². The first-order valence-electron chi connectivity index (χ1n) is 10.4. The van der Waals surface area contributed by atoms with Gasteiger partial charge in [0.05, 0.1) is 6.42 Å². The normalized spacial score (nSPS) is 20.5. The van der Waals surface area contributed by atoms with Crippen LogP contribution in [0.2, 0.25) is 0 Å². The average molecular weight is 366 g/mol. The molecule has 4 nitrogen and oxygen atoms in total. The van der Waals surface area contributed by atoms with E-state index in [4.69, 9.17) is 0 Å². The Hall–Kier alpha value is -2.10. The molecular formula is C23H31N3O. The fourth-order valence-electron chi connectivity index (χ4n) is 4.40. The molecule has 144 valence electrons. The quantitative estimate of drug-likeness (QED) is 0.794. The van der Waals surface area contributed by atoms with Crippen molar-refractivity contribution in [2.75, 3.05) is 13.1 Å². The van der Waals surface area contributed by atoms with E-state index in [1.54, 1.807) is 0 Å². The smallest absolute Gasteiger partial charge is 0.227 e. The largest absolute Gasteiger partial charge is 0.342 e. The zero-order valence-electron chi connectivity index (χ0n) is 16.7. The standard InChI is InChI=1S/C23H31N3O/c1-17-8-9-20(13-18(17)2)14-22(27)25-11-4-7-21(16-25)23-24-10-12-26(23)15-19-5-3-6-19/h8-10,12-13,19,21H,3-7,11,14-16H2,1-2H3/t21-/m0/s1. The molecule has 1 atom stereocenters. The third kappa shape index (κ3) is 4.10. The molecule has 0 unspecified atom stereocenters. The minimum absolute atomic E-state index is 0.250. The SMILES string of the molecule is Cc1ccc(CC(=O)N2CCC[C@H](c3nccn3CC3CCC3)C2)cc1C. The number of nitrogens with zero attached hydrogens (tertiary/aromatic N) is 3. The van der Waals surface area contributed by atoms with Gasteiger partial charge in [-0.05, 0) is 62.1 Å². The van der Waals surface area contributed by atoms with Crippen LogP contribution in [-0.4, -0.2) is 33.4 Å². The van der Waals surface area contributed by atoms with Crippen LogP contribution in [-0.2, 0) is 17.8 Å². The molecule has 1 aliphatic heterocycles. The Morgan fingerprint density at radius 2 is 2.00 bits per heavy atom. The van der Waals surface area contributed by atoms with Crippen LogP contribution in [0.25, 0.3) is 0 Å². The number of carbonyl (C=O) groups excluding carboxylic acids is 1. The molecule has 0 radical (unpaired) electrons. The van der Waals surface area contributed by atoms with Gasteiger partial charge in [0, 0.05) is 37.9 Å². The molecule has 0 bridgehead atoms. The van der Waals surface area contributed by atoms with Crippen LogP contribution < -0.4 is 0 Å². The summed E-state index contributed by atoms with van der Waals surface area (Å²) >= 11 is 0. The predicted octanol–water partition coefficient (Wildman–Crippen LogP) is 4.25.